The molecule has 0 saturated carbocycles. The molecule has 0 bridgehead atoms. The van der Waals surface area contributed by atoms with E-state index in [1.165, 1.54) is 29.8 Å². The molecule has 146 valence electrons. The SMILES string of the molecule is CCOc1ccccc1-c1sc2c(N=NCc3cccc(F)c3)ncnc2c1O. The Balaban J connectivity index is 1.71. The lowest BCUT2D eigenvalue weighted by Gasteiger charge is -2.08. The highest BCUT2D eigenvalue weighted by molar-refractivity contribution is 7.23. The standard InChI is InChI=1S/C21H17FN4O2S/c1-2-28-16-9-4-3-8-15(16)19-18(27)17-20(29-19)21(24-12-23-17)26-25-11-13-6-5-7-14(22)10-13/h3-10,12,27H,2,11H2,1H3. The maximum absolute atomic E-state index is 13.3. The molecule has 29 heavy (non-hydrogen) atoms. The first-order valence-electron chi connectivity index (χ1n) is 8.98. The van der Waals surface area contributed by atoms with Gasteiger partial charge < -0.3 is 9.84 Å². The molecule has 0 spiro atoms. The van der Waals surface area contributed by atoms with Crippen molar-refractivity contribution >= 4 is 27.4 Å². The van der Waals surface area contributed by atoms with E-state index < -0.39 is 0 Å². The molecule has 0 amide bonds. The van der Waals surface area contributed by atoms with Gasteiger partial charge in [-0.25, -0.2) is 14.4 Å². The van der Waals surface area contributed by atoms with Crippen LogP contribution in [0.5, 0.6) is 11.5 Å². The van der Waals surface area contributed by atoms with E-state index in [4.69, 9.17) is 4.74 Å². The number of hydrogen-bond acceptors (Lipinski definition) is 7. The summed E-state index contributed by atoms with van der Waals surface area (Å²) in [4.78, 5) is 9.01. The van der Waals surface area contributed by atoms with E-state index >= 15 is 0 Å². The molecule has 0 saturated heterocycles. The highest BCUT2D eigenvalue weighted by atomic mass is 32.1. The number of benzene rings is 2. The van der Waals surface area contributed by atoms with Gasteiger partial charge in [-0.1, -0.05) is 24.3 Å². The van der Waals surface area contributed by atoms with Gasteiger partial charge in [-0.15, -0.1) is 16.5 Å². The summed E-state index contributed by atoms with van der Waals surface area (Å²) in [5, 5.41) is 19.1. The van der Waals surface area contributed by atoms with Crippen LogP contribution < -0.4 is 4.74 Å². The lowest BCUT2D eigenvalue weighted by molar-refractivity contribution is 0.341. The molecule has 2 heterocycles. The van der Waals surface area contributed by atoms with Crippen LogP contribution in [0.3, 0.4) is 0 Å². The molecule has 8 heteroatoms. The summed E-state index contributed by atoms with van der Waals surface area (Å²) in [6.45, 7) is 2.65. The second kappa shape index (κ2) is 8.32. The Hall–Kier alpha value is -3.39. The van der Waals surface area contributed by atoms with Gasteiger partial charge in [0, 0.05) is 5.56 Å². The van der Waals surface area contributed by atoms with E-state index in [1.54, 1.807) is 12.1 Å². The number of azo groups is 1. The zero-order valence-electron chi connectivity index (χ0n) is 15.5. The first-order valence-corrected chi connectivity index (χ1v) is 9.79. The molecular weight excluding hydrogens is 391 g/mol. The number of hydrogen-bond donors (Lipinski definition) is 1. The largest absolute Gasteiger partial charge is 0.504 e. The Labute approximate surface area is 170 Å². The van der Waals surface area contributed by atoms with E-state index in [0.717, 1.165) is 5.56 Å². The molecular formula is C21H17FN4O2S. The summed E-state index contributed by atoms with van der Waals surface area (Å²) in [6, 6.07) is 13.7. The van der Waals surface area contributed by atoms with Crippen molar-refractivity contribution in [2.24, 2.45) is 10.2 Å². The second-order valence-electron chi connectivity index (χ2n) is 6.11. The number of para-hydroxylation sites is 1. The number of nitrogens with zero attached hydrogens (tertiary/aromatic N) is 4. The van der Waals surface area contributed by atoms with Crippen LogP contribution in [0.1, 0.15) is 12.5 Å². The molecule has 1 N–H and O–H groups in total. The summed E-state index contributed by atoms with van der Waals surface area (Å²) < 4.78 is 19.6. The van der Waals surface area contributed by atoms with E-state index in [-0.39, 0.29) is 18.1 Å². The smallest absolute Gasteiger partial charge is 0.195 e. The summed E-state index contributed by atoms with van der Waals surface area (Å²) in [7, 11) is 0. The van der Waals surface area contributed by atoms with E-state index in [9.17, 15) is 9.50 Å². The number of rotatable bonds is 6. The van der Waals surface area contributed by atoms with Crippen molar-refractivity contribution in [3.8, 4) is 21.9 Å². The maximum atomic E-state index is 13.3. The molecule has 4 aromatic rings. The zero-order valence-corrected chi connectivity index (χ0v) is 16.4. The second-order valence-corrected chi connectivity index (χ2v) is 7.13. The molecule has 0 radical (unpaired) electrons. The first-order chi connectivity index (χ1) is 14.2. The quantitative estimate of drug-likeness (QED) is 0.404. The molecule has 2 aromatic heterocycles. The molecule has 0 aliphatic heterocycles. The van der Waals surface area contributed by atoms with Crippen molar-refractivity contribution in [1.82, 2.24) is 9.97 Å². The van der Waals surface area contributed by atoms with Crippen LogP contribution in [0.4, 0.5) is 10.2 Å². The molecule has 0 aliphatic rings. The van der Waals surface area contributed by atoms with E-state index in [1.807, 2.05) is 31.2 Å². The summed E-state index contributed by atoms with van der Waals surface area (Å²) in [6.07, 6.45) is 1.34. The number of fused-ring (bicyclic) bond motifs is 1. The van der Waals surface area contributed by atoms with Crippen LogP contribution >= 0.6 is 11.3 Å². The average molecular weight is 408 g/mol. The molecule has 0 atom stereocenters. The van der Waals surface area contributed by atoms with Gasteiger partial charge in [-0.2, -0.15) is 5.11 Å². The van der Waals surface area contributed by atoms with Crippen LogP contribution in [0.25, 0.3) is 20.7 Å². The fourth-order valence-corrected chi connectivity index (χ4v) is 4.00. The van der Waals surface area contributed by atoms with Crippen molar-refractivity contribution < 1.29 is 14.2 Å². The van der Waals surface area contributed by atoms with E-state index in [0.29, 0.717) is 38.8 Å². The van der Waals surface area contributed by atoms with Crippen LogP contribution in [-0.2, 0) is 6.54 Å². The number of aromatic nitrogens is 2. The molecule has 2 aromatic carbocycles. The van der Waals surface area contributed by atoms with Gasteiger partial charge in [-0.05, 0) is 36.8 Å². The number of ether oxygens (including phenoxy) is 1. The maximum Gasteiger partial charge on any atom is 0.195 e. The molecule has 0 unspecified atom stereocenters. The van der Waals surface area contributed by atoms with Crippen molar-refractivity contribution in [2.45, 2.75) is 13.5 Å². The summed E-state index contributed by atoms with van der Waals surface area (Å²) >= 11 is 1.32. The minimum Gasteiger partial charge on any atom is -0.504 e. The van der Waals surface area contributed by atoms with Crippen LogP contribution in [-0.4, -0.2) is 21.7 Å². The molecule has 0 aliphatic carbocycles. The van der Waals surface area contributed by atoms with Crippen molar-refractivity contribution in [1.29, 1.82) is 0 Å². The normalized spacial score (nSPS) is 11.4. The van der Waals surface area contributed by atoms with Gasteiger partial charge in [0.2, 0.25) is 0 Å². The Morgan fingerprint density at radius 1 is 1.14 bits per heavy atom. The van der Waals surface area contributed by atoms with Crippen molar-refractivity contribution in [3.63, 3.8) is 0 Å². The third-order valence-corrected chi connectivity index (χ3v) is 5.37. The van der Waals surface area contributed by atoms with Gasteiger partial charge in [0.05, 0.1) is 18.0 Å². The molecule has 0 fully saturated rings. The monoisotopic (exact) mass is 408 g/mol. The van der Waals surface area contributed by atoms with Gasteiger partial charge in [0.15, 0.2) is 11.6 Å². The lowest BCUT2D eigenvalue weighted by Crippen LogP contribution is -1.92. The van der Waals surface area contributed by atoms with Crippen LogP contribution in [0, 0.1) is 5.82 Å². The average Bonchev–Trinajstić information content (AvgIpc) is 3.06. The third kappa shape index (κ3) is 3.93. The van der Waals surface area contributed by atoms with E-state index in [2.05, 4.69) is 20.2 Å². The number of aromatic hydroxyl groups is 1. The summed E-state index contributed by atoms with van der Waals surface area (Å²) in [5.41, 5.74) is 1.89. The molecule has 6 nitrogen and oxygen atoms in total. The Bertz CT molecular complexity index is 1190. The third-order valence-electron chi connectivity index (χ3n) is 4.17. The van der Waals surface area contributed by atoms with Gasteiger partial charge in [-0.3, -0.25) is 0 Å². The highest BCUT2D eigenvalue weighted by Crippen LogP contribution is 2.47. The van der Waals surface area contributed by atoms with Gasteiger partial charge in [0.25, 0.3) is 0 Å². The Kier molecular flexibility index (Phi) is 5.44. The Morgan fingerprint density at radius 3 is 2.83 bits per heavy atom. The number of halogens is 1. The van der Waals surface area contributed by atoms with Crippen molar-refractivity contribution in [3.05, 3.63) is 66.2 Å². The Morgan fingerprint density at radius 2 is 2.00 bits per heavy atom. The van der Waals surface area contributed by atoms with Gasteiger partial charge >= 0.3 is 0 Å². The highest BCUT2D eigenvalue weighted by Gasteiger charge is 2.20. The fourth-order valence-electron chi connectivity index (χ4n) is 2.89. The van der Waals surface area contributed by atoms with Crippen LogP contribution in [0.2, 0.25) is 0 Å². The minimum atomic E-state index is -0.317. The minimum absolute atomic E-state index is 0.0566. The first kappa shape index (κ1) is 18.9. The lowest BCUT2D eigenvalue weighted by atomic mass is 10.1. The predicted molar refractivity (Wildman–Crippen MR) is 110 cm³/mol. The topological polar surface area (TPSA) is 80.0 Å². The summed E-state index contributed by atoms with van der Waals surface area (Å²) in [5.74, 6) is 0.773. The molecule has 4 rings (SSSR count). The van der Waals surface area contributed by atoms with Crippen LogP contribution in [0.15, 0.2) is 65.1 Å². The van der Waals surface area contributed by atoms with Crippen molar-refractivity contribution in [2.75, 3.05) is 6.61 Å². The zero-order chi connectivity index (χ0) is 20.2. The number of thiophene rings is 1. The predicted octanol–water partition coefficient (Wildman–Crippen LogP) is 5.89. The fraction of sp³-hybridized carbons (Fsp3) is 0.143. The van der Waals surface area contributed by atoms with Gasteiger partial charge in [0.1, 0.15) is 28.1 Å².